The number of rotatable bonds is 13. The van der Waals surface area contributed by atoms with E-state index in [4.69, 9.17) is 9.90 Å². The molecule has 16 heteroatoms. The summed E-state index contributed by atoms with van der Waals surface area (Å²) in [6, 6.07) is 22.0. The maximum Gasteiger partial charge on any atom is 0.416 e. The van der Waals surface area contributed by atoms with Gasteiger partial charge in [0.25, 0.3) is 12.4 Å². The van der Waals surface area contributed by atoms with Gasteiger partial charge in [0, 0.05) is 26.1 Å². The molecule has 4 aromatic carbocycles. The maximum atomic E-state index is 14.2. The minimum Gasteiger partial charge on any atom is -0.483 e. The lowest BCUT2D eigenvalue weighted by Gasteiger charge is -2.30. The largest absolute Gasteiger partial charge is 0.483 e. The quantitative estimate of drug-likeness (QED) is 0.106. The van der Waals surface area contributed by atoms with Gasteiger partial charge in [-0.1, -0.05) is 54.6 Å². The molecule has 5 rings (SSSR count). The molecule has 53 heavy (non-hydrogen) atoms. The number of carboxylic acid groups (broad SMARTS) is 1. The second-order valence-corrected chi connectivity index (χ2v) is 13.9. The number of aliphatic hydroxyl groups is 1. The number of para-hydroxylation sites is 1. The molecule has 0 saturated carbocycles. The molecule has 2 atom stereocenters. The van der Waals surface area contributed by atoms with Crippen LogP contribution in [0.3, 0.4) is 0 Å². The van der Waals surface area contributed by atoms with Crippen LogP contribution in [-0.2, 0) is 38.8 Å². The van der Waals surface area contributed by atoms with Crippen molar-refractivity contribution >= 4 is 45.4 Å². The van der Waals surface area contributed by atoms with Crippen molar-refractivity contribution in [3.8, 4) is 0 Å². The van der Waals surface area contributed by atoms with Crippen molar-refractivity contribution in [2.24, 2.45) is 0 Å². The molecule has 0 radical (unpaired) electrons. The molecular formula is C37H38F4N4O7S. The Morgan fingerprint density at radius 2 is 1.62 bits per heavy atom. The molecule has 0 bridgehead atoms. The summed E-state index contributed by atoms with van der Waals surface area (Å²) in [7, 11) is -4.09. The standard InChI is InChI=1S/C36H36F4N4O5S.CH2O2/c1-50(48,49)44(28-17-15-27(37)16-18-28)31-13-6-12-29(34(31)43-19-7-14-33(43)46)35(47)42-30(21-24-8-3-2-4-9-24)32(45)23-41-22-25-10-5-11-26(20-25)36(38,39)40;2-1-3/h2-6,8-13,15-18,20,30,32,41,45H,7,14,19,21-23H2,1H3,(H,42,47);1H,(H,2,3)/t30-,32+;/m0./s1. The van der Waals surface area contributed by atoms with E-state index in [-0.39, 0.29) is 67.5 Å². The number of sulfonamides is 1. The summed E-state index contributed by atoms with van der Waals surface area (Å²) >= 11 is 0. The van der Waals surface area contributed by atoms with E-state index in [9.17, 15) is 40.7 Å². The van der Waals surface area contributed by atoms with E-state index in [0.717, 1.165) is 40.4 Å². The second-order valence-electron chi connectivity index (χ2n) is 12.1. The van der Waals surface area contributed by atoms with E-state index in [1.165, 1.54) is 47.4 Å². The summed E-state index contributed by atoms with van der Waals surface area (Å²) in [6.07, 6.45) is -3.96. The molecule has 0 aliphatic carbocycles. The van der Waals surface area contributed by atoms with Crippen molar-refractivity contribution in [3.05, 3.63) is 125 Å². The molecular weight excluding hydrogens is 720 g/mol. The summed E-state index contributed by atoms with van der Waals surface area (Å²) in [6.45, 7) is -0.119. The molecule has 2 amide bonds. The van der Waals surface area contributed by atoms with Gasteiger partial charge in [0.1, 0.15) is 5.82 Å². The lowest BCUT2D eigenvalue weighted by molar-refractivity contribution is -0.137. The first kappa shape index (κ1) is 40.5. The summed E-state index contributed by atoms with van der Waals surface area (Å²) in [5.74, 6) is -1.61. The highest BCUT2D eigenvalue weighted by molar-refractivity contribution is 7.92. The lowest BCUT2D eigenvalue weighted by Crippen LogP contribution is -2.49. The molecule has 0 aromatic heterocycles. The number of carbonyl (C=O) groups is 3. The molecule has 1 aliphatic heterocycles. The Labute approximate surface area is 303 Å². The van der Waals surface area contributed by atoms with Crippen molar-refractivity contribution in [3.63, 3.8) is 0 Å². The fourth-order valence-corrected chi connectivity index (χ4v) is 6.90. The van der Waals surface area contributed by atoms with Crippen LogP contribution in [0.2, 0.25) is 0 Å². The number of aliphatic hydroxyl groups excluding tert-OH is 1. The van der Waals surface area contributed by atoms with Crippen LogP contribution >= 0.6 is 0 Å². The number of nitrogens with one attached hydrogen (secondary N) is 2. The fraction of sp³-hybridized carbons (Fsp3) is 0.270. The number of halogens is 4. The van der Waals surface area contributed by atoms with Crippen LogP contribution in [0.15, 0.2) is 97.1 Å². The van der Waals surface area contributed by atoms with Gasteiger partial charge < -0.3 is 25.7 Å². The van der Waals surface area contributed by atoms with E-state index >= 15 is 0 Å². The van der Waals surface area contributed by atoms with E-state index < -0.39 is 45.6 Å². The number of anilines is 3. The summed E-state index contributed by atoms with van der Waals surface area (Å²) < 4.78 is 80.8. The highest BCUT2D eigenvalue weighted by atomic mass is 32.2. The number of alkyl halides is 3. The molecule has 1 saturated heterocycles. The highest BCUT2D eigenvalue weighted by Crippen LogP contribution is 2.41. The van der Waals surface area contributed by atoms with Crippen molar-refractivity contribution < 1.29 is 50.6 Å². The van der Waals surface area contributed by atoms with Crippen LogP contribution in [-0.4, -0.2) is 68.4 Å². The van der Waals surface area contributed by atoms with Crippen molar-refractivity contribution in [2.75, 3.05) is 28.6 Å². The number of amides is 2. The Morgan fingerprint density at radius 1 is 0.981 bits per heavy atom. The third-order valence-electron chi connectivity index (χ3n) is 8.23. The van der Waals surface area contributed by atoms with Gasteiger partial charge >= 0.3 is 6.18 Å². The van der Waals surface area contributed by atoms with Crippen LogP contribution in [0.25, 0.3) is 0 Å². The van der Waals surface area contributed by atoms with Crippen LogP contribution in [0, 0.1) is 5.82 Å². The number of carbonyl (C=O) groups excluding carboxylic acids is 2. The lowest BCUT2D eigenvalue weighted by atomic mass is 9.99. The first-order chi connectivity index (χ1) is 25.1. The number of nitrogens with zero attached hydrogens (tertiary/aromatic N) is 2. The average molecular weight is 759 g/mol. The fourth-order valence-electron chi connectivity index (χ4n) is 5.89. The van der Waals surface area contributed by atoms with Crippen LogP contribution in [0.1, 0.15) is 39.9 Å². The molecule has 0 spiro atoms. The number of hydrogen-bond donors (Lipinski definition) is 4. The monoisotopic (exact) mass is 758 g/mol. The third kappa shape index (κ3) is 10.8. The summed E-state index contributed by atoms with van der Waals surface area (Å²) in [5.41, 5.74) is 0.430. The van der Waals surface area contributed by atoms with Gasteiger partial charge in [-0.05, 0) is 66.4 Å². The average Bonchev–Trinajstić information content (AvgIpc) is 3.54. The van der Waals surface area contributed by atoms with Crippen LogP contribution in [0.5, 0.6) is 0 Å². The number of hydrogen-bond acceptors (Lipinski definition) is 7. The van der Waals surface area contributed by atoms with E-state index in [0.29, 0.717) is 12.0 Å². The van der Waals surface area contributed by atoms with Crippen molar-refractivity contribution in [1.29, 1.82) is 0 Å². The second kappa shape index (κ2) is 17.9. The van der Waals surface area contributed by atoms with Crippen molar-refractivity contribution in [2.45, 2.75) is 44.1 Å². The van der Waals surface area contributed by atoms with E-state index in [2.05, 4.69) is 10.6 Å². The first-order valence-electron chi connectivity index (χ1n) is 16.3. The molecule has 1 heterocycles. The maximum absolute atomic E-state index is 14.2. The molecule has 0 unspecified atom stereocenters. The van der Waals surface area contributed by atoms with Gasteiger partial charge in [-0.3, -0.25) is 14.4 Å². The van der Waals surface area contributed by atoms with E-state index in [1.807, 2.05) is 18.2 Å². The molecule has 1 fully saturated rings. The van der Waals surface area contributed by atoms with Crippen LogP contribution < -0.4 is 19.8 Å². The minimum absolute atomic E-state index is 0.00456. The van der Waals surface area contributed by atoms with Crippen molar-refractivity contribution in [1.82, 2.24) is 10.6 Å². The van der Waals surface area contributed by atoms with Gasteiger partial charge in [-0.15, -0.1) is 0 Å². The zero-order chi connectivity index (χ0) is 38.8. The Balaban J connectivity index is 0.00000202. The third-order valence-corrected chi connectivity index (χ3v) is 9.30. The predicted molar refractivity (Wildman–Crippen MR) is 191 cm³/mol. The van der Waals surface area contributed by atoms with E-state index in [1.54, 1.807) is 12.1 Å². The van der Waals surface area contributed by atoms with Gasteiger partial charge in [0.15, 0.2) is 0 Å². The van der Waals surface area contributed by atoms with Crippen LogP contribution in [0.4, 0.5) is 34.6 Å². The Kier molecular flexibility index (Phi) is 13.7. The van der Waals surface area contributed by atoms with Gasteiger partial charge in [0.2, 0.25) is 15.9 Å². The SMILES string of the molecule is CS(=O)(=O)N(c1ccc(F)cc1)c1cccc(C(=O)N[C@@H](Cc2ccccc2)[C@H](O)CNCc2cccc(C(F)(F)F)c2)c1N1CCCC1=O.O=CO. The van der Waals surface area contributed by atoms with Gasteiger partial charge in [-0.2, -0.15) is 13.2 Å². The smallest absolute Gasteiger partial charge is 0.416 e. The highest BCUT2D eigenvalue weighted by Gasteiger charge is 2.34. The minimum atomic E-state index is -4.51. The molecule has 1 aliphatic rings. The predicted octanol–water partition coefficient (Wildman–Crippen LogP) is 5.26. The Hall–Kier alpha value is -5.32. The van der Waals surface area contributed by atoms with Gasteiger partial charge in [-0.25, -0.2) is 17.1 Å². The summed E-state index contributed by atoms with van der Waals surface area (Å²) in [5, 5.41) is 24.0. The molecule has 4 N–H and O–H groups in total. The molecule has 11 nitrogen and oxygen atoms in total. The van der Waals surface area contributed by atoms with Gasteiger partial charge in [0.05, 0.1) is 46.6 Å². The number of benzene rings is 4. The Morgan fingerprint density at radius 3 is 2.23 bits per heavy atom. The normalized spacial score (nSPS) is 14.2. The zero-order valence-electron chi connectivity index (χ0n) is 28.5. The topological polar surface area (TPSA) is 156 Å². The molecule has 282 valence electrons. The first-order valence-corrected chi connectivity index (χ1v) is 18.2. The molecule has 4 aromatic rings. The summed E-state index contributed by atoms with van der Waals surface area (Å²) in [4.78, 5) is 37.0. The Bertz CT molecular complexity index is 1980. The zero-order valence-corrected chi connectivity index (χ0v) is 29.3.